The van der Waals surface area contributed by atoms with Crippen LogP contribution in [0.25, 0.3) is 33.9 Å². The van der Waals surface area contributed by atoms with Crippen molar-refractivity contribution >= 4 is 11.1 Å². The fourth-order valence-electron chi connectivity index (χ4n) is 4.81. The lowest BCUT2D eigenvalue weighted by Gasteiger charge is -2.10. The molecule has 0 bridgehead atoms. The summed E-state index contributed by atoms with van der Waals surface area (Å²) in [5, 5.41) is 0. The number of hydrogen-bond acceptors (Lipinski definition) is 6. The van der Waals surface area contributed by atoms with E-state index in [9.17, 15) is 13.2 Å². The molecule has 1 fully saturated rings. The maximum absolute atomic E-state index is 15.2. The quantitative estimate of drug-likeness (QED) is 0.203. The maximum Gasteiger partial charge on any atom is 0.434 e. The van der Waals surface area contributed by atoms with E-state index in [1.807, 2.05) is 0 Å². The Labute approximate surface area is 224 Å². The van der Waals surface area contributed by atoms with E-state index < -0.39 is 34.9 Å². The predicted molar refractivity (Wildman–Crippen MR) is 135 cm³/mol. The highest BCUT2D eigenvalue weighted by atomic mass is 19.4. The largest absolute Gasteiger partial charge is 0.480 e. The zero-order chi connectivity index (χ0) is 28.2. The summed E-state index contributed by atoms with van der Waals surface area (Å²) in [4.78, 5) is 16.7. The van der Waals surface area contributed by atoms with Gasteiger partial charge in [0.15, 0.2) is 11.3 Å². The number of para-hydroxylation sites is 1. The van der Waals surface area contributed by atoms with Crippen LogP contribution in [-0.4, -0.2) is 31.6 Å². The highest BCUT2D eigenvalue weighted by molar-refractivity contribution is 5.81. The normalized spacial score (nSPS) is 13.8. The molecule has 0 atom stereocenters. The van der Waals surface area contributed by atoms with Crippen LogP contribution in [0.2, 0.25) is 0 Å². The van der Waals surface area contributed by atoms with E-state index in [2.05, 4.69) is 19.9 Å². The Morgan fingerprint density at radius 2 is 1.80 bits per heavy atom. The number of nitrogens with zero attached hydrogens (tertiary/aromatic N) is 5. The standard InChI is InChI=1S/C28H22F5N5O2/c1-3-38-12-20(28(31,32)33)37-25(38)21-17(29)10-14(11-18(21)30)9-16-5-4-6-19-24(16)40-27(36-19)22-23(15-7-8-15)34-13-35-26(22)39-2/h4-6,10-13,15H,3,7-9H2,1-2H3. The van der Waals surface area contributed by atoms with Crippen molar-refractivity contribution in [1.82, 2.24) is 24.5 Å². The fraction of sp³-hybridized carbons (Fsp3) is 0.286. The summed E-state index contributed by atoms with van der Waals surface area (Å²) in [6.07, 6.45) is -0.511. The number of benzene rings is 2. The average Bonchev–Trinajstić information content (AvgIpc) is 3.51. The number of rotatable bonds is 7. The van der Waals surface area contributed by atoms with E-state index in [1.54, 1.807) is 25.1 Å². The first-order valence-corrected chi connectivity index (χ1v) is 12.6. The van der Waals surface area contributed by atoms with Gasteiger partial charge in [-0.05, 0) is 43.5 Å². The number of fused-ring (bicyclic) bond motifs is 1. The van der Waals surface area contributed by atoms with Gasteiger partial charge in [0.1, 0.15) is 34.9 Å². The number of halogens is 5. The first kappa shape index (κ1) is 25.9. The van der Waals surface area contributed by atoms with Gasteiger partial charge < -0.3 is 13.7 Å². The summed E-state index contributed by atoms with van der Waals surface area (Å²) < 4.78 is 82.7. The summed E-state index contributed by atoms with van der Waals surface area (Å²) in [5.41, 5.74) is 1.35. The minimum atomic E-state index is -4.74. The first-order chi connectivity index (χ1) is 19.2. The molecule has 6 rings (SSSR count). The molecular weight excluding hydrogens is 533 g/mol. The van der Waals surface area contributed by atoms with Crippen molar-refractivity contribution in [2.45, 2.75) is 44.8 Å². The topological polar surface area (TPSA) is 78.9 Å². The number of oxazole rings is 1. The molecule has 0 aliphatic heterocycles. The van der Waals surface area contributed by atoms with Gasteiger partial charge in [-0.15, -0.1) is 0 Å². The van der Waals surface area contributed by atoms with Crippen LogP contribution < -0.4 is 4.74 Å². The van der Waals surface area contributed by atoms with Gasteiger partial charge in [0.05, 0.1) is 18.4 Å². The molecule has 0 N–H and O–H groups in total. The molecule has 1 aliphatic rings. The molecule has 0 spiro atoms. The number of hydrogen-bond donors (Lipinski definition) is 0. The first-order valence-electron chi connectivity index (χ1n) is 12.6. The van der Waals surface area contributed by atoms with E-state index in [0.29, 0.717) is 28.1 Å². The van der Waals surface area contributed by atoms with E-state index in [-0.39, 0.29) is 30.3 Å². The molecule has 3 heterocycles. The third-order valence-corrected chi connectivity index (χ3v) is 6.84. The van der Waals surface area contributed by atoms with Crippen LogP contribution in [0, 0.1) is 11.6 Å². The SMILES string of the molecule is CCn1cc(C(F)(F)F)nc1-c1c(F)cc(Cc2cccc3nc(-c4c(OC)ncnc4C4CC4)oc23)cc1F. The molecule has 1 saturated carbocycles. The van der Waals surface area contributed by atoms with E-state index in [1.165, 1.54) is 13.4 Å². The lowest BCUT2D eigenvalue weighted by Crippen LogP contribution is -2.05. The van der Waals surface area contributed by atoms with Crippen molar-refractivity contribution in [3.05, 3.63) is 77.0 Å². The van der Waals surface area contributed by atoms with E-state index in [0.717, 1.165) is 41.4 Å². The minimum absolute atomic E-state index is 0.0502. The van der Waals surface area contributed by atoms with Crippen molar-refractivity contribution in [2.24, 2.45) is 0 Å². The number of alkyl halides is 3. The van der Waals surface area contributed by atoms with Gasteiger partial charge in [0, 0.05) is 30.6 Å². The second-order valence-electron chi connectivity index (χ2n) is 9.55. The number of aryl methyl sites for hydroxylation is 1. The average molecular weight is 556 g/mol. The van der Waals surface area contributed by atoms with Crippen LogP contribution in [0.1, 0.15) is 48.2 Å². The van der Waals surface area contributed by atoms with Crippen LogP contribution >= 0.6 is 0 Å². The molecule has 0 unspecified atom stereocenters. The molecular formula is C28H22F5N5O2. The monoisotopic (exact) mass is 555 g/mol. The zero-order valence-corrected chi connectivity index (χ0v) is 21.4. The predicted octanol–water partition coefficient (Wildman–Crippen LogP) is 6.94. The molecule has 12 heteroatoms. The van der Waals surface area contributed by atoms with Crippen molar-refractivity contribution in [2.75, 3.05) is 7.11 Å². The zero-order valence-electron chi connectivity index (χ0n) is 21.4. The Morgan fingerprint density at radius 3 is 2.45 bits per heavy atom. The third kappa shape index (κ3) is 4.56. The lowest BCUT2D eigenvalue weighted by molar-refractivity contribution is -0.140. The summed E-state index contributed by atoms with van der Waals surface area (Å²) in [5.74, 6) is -1.58. The van der Waals surface area contributed by atoms with E-state index >= 15 is 8.78 Å². The Balaban J connectivity index is 1.38. The third-order valence-electron chi connectivity index (χ3n) is 6.84. The number of ether oxygens (including phenoxy) is 1. The molecule has 3 aromatic heterocycles. The molecule has 1 aliphatic carbocycles. The number of aromatic nitrogens is 5. The van der Waals surface area contributed by atoms with Gasteiger partial charge >= 0.3 is 6.18 Å². The Hall–Kier alpha value is -4.35. The Bertz CT molecular complexity index is 1720. The molecule has 0 amide bonds. The molecule has 5 aromatic rings. The highest BCUT2D eigenvalue weighted by Gasteiger charge is 2.36. The Kier molecular flexibility index (Phi) is 6.27. The van der Waals surface area contributed by atoms with E-state index in [4.69, 9.17) is 9.15 Å². The summed E-state index contributed by atoms with van der Waals surface area (Å²) >= 11 is 0. The van der Waals surface area contributed by atoms with Crippen LogP contribution in [0.15, 0.2) is 47.3 Å². The Morgan fingerprint density at radius 1 is 1.05 bits per heavy atom. The number of methoxy groups -OCH3 is 1. The molecule has 206 valence electrons. The molecule has 40 heavy (non-hydrogen) atoms. The van der Waals surface area contributed by atoms with Gasteiger partial charge in [-0.3, -0.25) is 0 Å². The van der Waals surface area contributed by atoms with Crippen LogP contribution in [0.3, 0.4) is 0 Å². The molecule has 0 radical (unpaired) electrons. The molecule has 0 saturated heterocycles. The van der Waals surface area contributed by atoms with Gasteiger partial charge in [-0.2, -0.15) is 13.2 Å². The minimum Gasteiger partial charge on any atom is -0.480 e. The van der Waals surface area contributed by atoms with Crippen molar-refractivity contribution in [3.8, 4) is 28.7 Å². The summed E-state index contributed by atoms with van der Waals surface area (Å²) in [7, 11) is 1.50. The van der Waals surface area contributed by atoms with Crippen LogP contribution in [0.5, 0.6) is 5.88 Å². The second-order valence-corrected chi connectivity index (χ2v) is 9.55. The molecule has 2 aromatic carbocycles. The fourth-order valence-corrected chi connectivity index (χ4v) is 4.81. The summed E-state index contributed by atoms with van der Waals surface area (Å²) in [6.45, 7) is 1.61. The van der Waals surface area contributed by atoms with Crippen molar-refractivity contribution < 1.29 is 31.1 Å². The van der Waals surface area contributed by atoms with Crippen LogP contribution in [-0.2, 0) is 19.1 Å². The maximum atomic E-state index is 15.2. The van der Waals surface area contributed by atoms with Gasteiger partial charge in [0.25, 0.3) is 0 Å². The number of imidazole rings is 1. The second kappa shape index (κ2) is 9.68. The van der Waals surface area contributed by atoms with Crippen molar-refractivity contribution in [3.63, 3.8) is 0 Å². The van der Waals surface area contributed by atoms with Gasteiger partial charge in [-0.1, -0.05) is 12.1 Å². The smallest absolute Gasteiger partial charge is 0.434 e. The lowest BCUT2D eigenvalue weighted by atomic mass is 10.0. The summed E-state index contributed by atoms with van der Waals surface area (Å²) in [6, 6.07) is 7.45. The van der Waals surface area contributed by atoms with Gasteiger partial charge in [-0.25, -0.2) is 28.7 Å². The highest BCUT2D eigenvalue weighted by Crippen LogP contribution is 2.46. The molecule has 7 nitrogen and oxygen atoms in total. The van der Waals surface area contributed by atoms with Crippen molar-refractivity contribution in [1.29, 1.82) is 0 Å². The van der Waals surface area contributed by atoms with Crippen LogP contribution in [0.4, 0.5) is 22.0 Å². The van der Waals surface area contributed by atoms with Gasteiger partial charge in [0.2, 0.25) is 11.8 Å².